The van der Waals surface area contributed by atoms with E-state index in [9.17, 15) is 14.4 Å². The molecule has 0 fully saturated rings. The summed E-state index contributed by atoms with van der Waals surface area (Å²) in [7, 11) is 0. The Morgan fingerprint density at radius 1 is 0.605 bits per heavy atom. The van der Waals surface area contributed by atoms with Crippen LogP contribution >= 0.6 is 0 Å². The molecule has 0 aromatic carbocycles. The van der Waals surface area contributed by atoms with Crippen molar-refractivity contribution < 1.29 is 29.0 Å². The topological polar surface area (TPSA) is 102 Å². The molecule has 7 heteroatoms. The van der Waals surface area contributed by atoms with Crippen LogP contribution in [-0.2, 0) is 23.9 Å². The summed E-state index contributed by atoms with van der Waals surface area (Å²) in [5, 5.41) is 12.1. The number of carboxylic acids is 1. The highest BCUT2D eigenvalue weighted by Crippen LogP contribution is 2.15. The van der Waals surface area contributed by atoms with Crippen molar-refractivity contribution in [2.75, 3.05) is 6.54 Å². The third-order valence-electron chi connectivity index (χ3n) is 6.21. The zero-order valence-electron chi connectivity index (χ0n) is 25.5. The molecule has 0 aliphatic rings. The molecule has 0 unspecified atom stereocenters. The summed E-state index contributed by atoms with van der Waals surface area (Å²) in [5.41, 5.74) is -0.955. The van der Waals surface area contributed by atoms with Crippen LogP contribution in [0.4, 0.5) is 0 Å². The maximum absolute atomic E-state index is 12.3. The molecule has 0 bridgehead atoms. The van der Waals surface area contributed by atoms with E-state index in [1.165, 1.54) is 70.6 Å². The van der Waals surface area contributed by atoms with Gasteiger partial charge in [0, 0.05) is 12.8 Å². The second-order valence-electron chi connectivity index (χ2n) is 12.6. The van der Waals surface area contributed by atoms with Crippen LogP contribution in [0.25, 0.3) is 0 Å². The van der Waals surface area contributed by atoms with Crippen molar-refractivity contribution >= 4 is 17.9 Å². The first kappa shape index (κ1) is 36.4. The van der Waals surface area contributed by atoms with Crippen LogP contribution in [0.5, 0.6) is 0 Å². The SMILES string of the molecule is CC(C)(C)OC(=O)CCCCCCCCCCCCCCCCCN[C@@H](CCC(=O)O)C(=O)OC(C)(C)C. The lowest BCUT2D eigenvalue weighted by atomic mass is 10.0. The van der Waals surface area contributed by atoms with Gasteiger partial charge >= 0.3 is 17.9 Å². The van der Waals surface area contributed by atoms with Crippen molar-refractivity contribution in [3.63, 3.8) is 0 Å². The lowest BCUT2D eigenvalue weighted by molar-refractivity contribution is -0.158. The fourth-order valence-electron chi connectivity index (χ4n) is 4.31. The van der Waals surface area contributed by atoms with Crippen LogP contribution in [-0.4, -0.2) is 46.8 Å². The van der Waals surface area contributed by atoms with E-state index in [0.717, 1.165) is 25.7 Å². The molecule has 0 saturated heterocycles. The molecular formula is C31H59NO6. The van der Waals surface area contributed by atoms with Crippen LogP contribution in [0, 0.1) is 0 Å². The molecule has 0 aromatic heterocycles. The Hall–Kier alpha value is -1.63. The second kappa shape index (κ2) is 21.2. The molecular weight excluding hydrogens is 482 g/mol. The van der Waals surface area contributed by atoms with E-state index in [2.05, 4.69) is 5.32 Å². The molecule has 1 atom stereocenters. The molecule has 0 amide bonds. The minimum absolute atomic E-state index is 0.0473. The first-order valence-corrected chi connectivity index (χ1v) is 15.2. The summed E-state index contributed by atoms with van der Waals surface area (Å²) in [6.45, 7) is 11.9. The number of nitrogens with one attached hydrogen (secondary N) is 1. The smallest absolute Gasteiger partial charge is 0.323 e. The van der Waals surface area contributed by atoms with Crippen LogP contribution in [0.1, 0.15) is 157 Å². The lowest BCUT2D eigenvalue weighted by Crippen LogP contribution is -2.42. The van der Waals surface area contributed by atoms with Crippen molar-refractivity contribution in [3.8, 4) is 0 Å². The predicted octanol–water partition coefficient (Wildman–Crippen LogP) is 7.73. The number of hydrogen-bond acceptors (Lipinski definition) is 6. The van der Waals surface area contributed by atoms with E-state index in [1.807, 2.05) is 41.5 Å². The molecule has 0 aromatic rings. The lowest BCUT2D eigenvalue weighted by Gasteiger charge is -2.24. The maximum Gasteiger partial charge on any atom is 0.323 e. The summed E-state index contributed by atoms with van der Waals surface area (Å²) >= 11 is 0. The number of rotatable bonds is 23. The Morgan fingerprint density at radius 3 is 1.39 bits per heavy atom. The zero-order valence-corrected chi connectivity index (χ0v) is 25.5. The monoisotopic (exact) mass is 541 g/mol. The van der Waals surface area contributed by atoms with Gasteiger partial charge in [-0.3, -0.25) is 14.4 Å². The van der Waals surface area contributed by atoms with Crippen molar-refractivity contribution in [2.45, 2.75) is 174 Å². The van der Waals surface area contributed by atoms with Gasteiger partial charge in [0.05, 0.1) is 0 Å². The van der Waals surface area contributed by atoms with Crippen molar-refractivity contribution in [2.24, 2.45) is 0 Å². The van der Waals surface area contributed by atoms with Crippen molar-refractivity contribution in [1.29, 1.82) is 0 Å². The maximum atomic E-state index is 12.3. The minimum atomic E-state index is -0.899. The van der Waals surface area contributed by atoms with Crippen molar-refractivity contribution in [1.82, 2.24) is 5.32 Å². The first-order valence-electron chi connectivity index (χ1n) is 15.2. The number of carbonyl (C=O) groups is 3. The van der Waals surface area contributed by atoms with E-state index < -0.39 is 17.6 Å². The number of hydrogen-bond donors (Lipinski definition) is 2. The molecule has 0 heterocycles. The molecule has 0 rings (SSSR count). The van der Waals surface area contributed by atoms with Gasteiger partial charge in [0.25, 0.3) is 0 Å². The van der Waals surface area contributed by atoms with Crippen LogP contribution < -0.4 is 5.32 Å². The number of esters is 2. The van der Waals surface area contributed by atoms with Crippen LogP contribution in [0.3, 0.4) is 0 Å². The summed E-state index contributed by atoms with van der Waals surface area (Å²) in [5.74, 6) is -1.34. The van der Waals surface area contributed by atoms with Gasteiger partial charge in [0.2, 0.25) is 0 Å². The number of carboxylic acid groups (broad SMARTS) is 1. The van der Waals surface area contributed by atoms with Crippen molar-refractivity contribution in [3.05, 3.63) is 0 Å². The number of carbonyl (C=O) groups excluding carboxylic acids is 2. The zero-order chi connectivity index (χ0) is 28.9. The second-order valence-corrected chi connectivity index (χ2v) is 12.6. The predicted molar refractivity (Wildman–Crippen MR) is 154 cm³/mol. The summed E-state index contributed by atoms with van der Waals surface area (Å²) in [6, 6.07) is -0.561. The molecule has 224 valence electrons. The molecule has 0 spiro atoms. The Morgan fingerprint density at radius 2 is 1.00 bits per heavy atom. The first-order chi connectivity index (χ1) is 17.8. The third kappa shape index (κ3) is 26.0. The minimum Gasteiger partial charge on any atom is -0.481 e. The highest BCUT2D eigenvalue weighted by atomic mass is 16.6. The molecule has 0 saturated carbocycles. The quantitative estimate of drug-likeness (QED) is 0.101. The van der Waals surface area contributed by atoms with Gasteiger partial charge in [-0.2, -0.15) is 0 Å². The summed E-state index contributed by atoms with van der Waals surface area (Å²) in [6.07, 6.45) is 19.0. The molecule has 7 nitrogen and oxygen atoms in total. The number of ether oxygens (including phenoxy) is 2. The Kier molecular flexibility index (Phi) is 20.3. The normalized spacial score (nSPS) is 12.8. The average molecular weight is 542 g/mol. The molecule has 0 aliphatic heterocycles. The highest BCUT2D eigenvalue weighted by molar-refractivity contribution is 5.77. The fourth-order valence-corrected chi connectivity index (χ4v) is 4.31. The number of aliphatic carboxylic acids is 1. The Balaban J connectivity index is 3.57. The molecule has 2 N–H and O–H groups in total. The largest absolute Gasteiger partial charge is 0.481 e. The van der Waals surface area contributed by atoms with Gasteiger partial charge in [-0.05, 0) is 67.3 Å². The standard InChI is InChI=1S/C31H59NO6/c1-30(2,3)37-28(35)22-20-18-16-14-12-10-8-7-9-11-13-15-17-19-21-25-32-26(23-24-27(33)34)29(36)38-31(4,5)6/h26,32H,7-25H2,1-6H3,(H,33,34)/t26-/m0/s1. The van der Waals surface area contributed by atoms with E-state index >= 15 is 0 Å². The van der Waals surface area contributed by atoms with Gasteiger partial charge in [-0.15, -0.1) is 0 Å². The number of unbranched alkanes of at least 4 members (excludes halogenated alkanes) is 14. The van der Waals surface area contributed by atoms with Crippen LogP contribution in [0.2, 0.25) is 0 Å². The van der Waals surface area contributed by atoms with Crippen LogP contribution in [0.15, 0.2) is 0 Å². The Bertz CT molecular complexity index is 635. The molecule has 0 aliphatic carbocycles. The van der Waals surface area contributed by atoms with E-state index in [4.69, 9.17) is 14.6 Å². The van der Waals surface area contributed by atoms with Gasteiger partial charge in [-0.25, -0.2) is 0 Å². The third-order valence-corrected chi connectivity index (χ3v) is 6.21. The van der Waals surface area contributed by atoms with Gasteiger partial charge in [0.15, 0.2) is 0 Å². The summed E-state index contributed by atoms with van der Waals surface area (Å²) < 4.78 is 10.8. The van der Waals surface area contributed by atoms with E-state index in [-0.39, 0.29) is 30.4 Å². The molecule has 38 heavy (non-hydrogen) atoms. The average Bonchev–Trinajstić information content (AvgIpc) is 2.77. The highest BCUT2D eigenvalue weighted by Gasteiger charge is 2.25. The van der Waals surface area contributed by atoms with Gasteiger partial charge in [-0.1, -0.05) is 83.5 Å². The Labute approximate surface area is 233 Å². The fraction of sp³-hybridized carbons (Fsp3) is 0.903. The summed E-state index contributed by atoms with van der Waals surface area (Å²) in [4.78, 5) is 34.9. The molecule has 0 radical (unpaired) electrons. The van der Waals surface area contributed by atoms with Gasteiger partial charge < -0.3 is 19.9 Å². The van der Waals surface area contributed by atoms with E-state index in [0.29, 0.717) is 13.0 Å². The van der Waals surface area contributed by atoms with Gasteiger partial charge in [0.1, 0.15) is 17.2 Å². The van der Waals surface area contributed by atoms with E-state index in [1.54, 1.807) is 0 Å².